The summed E-state index contributed by atoms with van der Waals surface area (Å²) in [7, 11) is -6.87. The molecule has 14 heteroatoms. The van der Waals surface area contributed by atoms with Crippen molar-refractivity contribution in [2.45, 2.75) is 17.5 Å². The Morgan fingerprint density at radius 3 is 2.50 bits per heavy atom. The van der Waals surface area contributed by atoms with Crippen molar-refractivity contribution in [1.29, 1.82) is 0 Å². The number of thiol groups is 1. The summed E-state index contributed by atoms with van der Waals surface area (Å²) in [6.07, 6.45) is 0. The van der Waals surface area contributed by atoms with Crippen LogP contribution in [0.25, 0.3) is 21.3 Å². The summed E-state index contributed by atoms with van der Waals surface area (Å²) >= 11 is 7.08. The molecule has 0 aliphatic carbocycles. The number of thiazole rings is 1. The lowest BCUT2D eigenvalue weighted by molar-refractivity contribution is 0.444. The van der Waals surface area contributed by atoms with E-state index >= 15 is 0 Å². The molecular weight excluding hydrogens is 575 g/mol. The topological polar surface area (TPSA) is 132 Å². The van der Waals surface area contributed by atoms with Crippen LogP contribution in [0, 0.1) is 5.82 Å². The SMILES string of the molecule is O=[SH](=O)NCc1nnc(C(c2nc3ccc(-c4ccc(F)c(Cl)c4)cc3s2)S(=O)(=O)Cc2ccccc2)o1. The van der Waals surface area contributed by atoms with E-state index < -0.39 is 31.8 Å². The van der Waals surface area contributed by atoms with Gasteiger partial charge in [0.15, 0.2) is 15.1 Å². The highest BCUT2D eigenvalue weighted by Crippen LogP contribution is 2.38. The second kappa shape index (κ2) is 10.9. The summed E-state index contributed by atoms with van der Waals surface area (Å²) in [6.45, 7) is -0.277. The maximum Gasteiger partial charge on any atom is 0.241 e. The molecule has 0 aliphatic rings. The lowest BCUT2D eigenvalue weighted by Crippen LogP contribution is -2.17. The Balaban J connectivity index is 1.57. The van der Waals surface area contributed by atoms with Gasteiger partial charge in [-0.25, -0.2) is 30.9 Å². The lowest BCUT2D eigenvalue weighted by atomic mass is 10.1. The Hall–Kier alpha value is -3.23. The van der Waals surface area contributed by atoms with Crippen molar-refractivity contribution in [3.05, 3.63) is 99.9 Å². The van der Waals surface area contributed by atoms with Gasteiger partial charge in [0.25, 0.3) is 0 Å². The fourth-order valence-electron chi connectivity index (χ4n) is 3.79. The zero-order valence-electron chi connectivity index (χ0n) is 19.2. The van der Waals surface area contributed by atoms with Crippen molar-refractivity contribution in [3.63, 3.8) is 0 Å². The molecule has 1 atom stereocenters. The van der Waals surface area contributed by atoms with Crippen molar-refractivity contribution in [1.82, 2.24) is 19.9 Å². The average Bonchev–Trinajstić information content (AvgIpc) is 3.51. The third-order valence-corrected chi connectivity index (χ3v) is 9.34. The molecule has 0 radical (unpaired) electrons. The molecule has 0 spiro atoms. The number of nitrogens with zero attached hydrogens (tertiary/aromatic N) is 3. The van der Waals surface area contributed by atoms with Crippen LogP contribution in [0.4, 0.5) is 4.39 Å². The molecule has 9 nitrogen and oxygen atoms in total. The average molecular weight is 593 g/mol. The Labute approximate surface area is 227 Å². The molecule has 0 bridgehead atoms. The fraction of sp³-hybridized carbons (Fsp3) is 0.125. The zero-order chi connectivity index (χ0) is 26.9. The number of hydrogen-bond acceptors (Lipinski definition) is 9. The van der Waals surface area contributed by atoms with Gasteiger partial charge in [-0.1, -0.05) is 54.1 Å². The summed E-state index contributed by atoms with van der Waals surface area (Å²) in [4.78, 5) is 4.56. The molecule has 2 aromatic heterocycles. The van der Waals surface area contributed by atoms with Gasteiger partial charge in [0, 0.05) is 0 Å². The number of hydrogen-bond donors (Lipinski definition) is 2. The van der Waals surface area contributed by atoms with Crippen LogP contribution in [0.2, 0.25) is 5.02 Å². The van der Waals surface area contributed by atoms with Crippen LogP contribution in [0.3, 0.4) is 0 Å². The zero-order valence-corrected chi connectivity index (χ0v) is 22.5. The predicted molar refractivity (Wildman–Crippen MR) is 142 cm³/mol. The molecule has 1 unspecified atom stereocenters. The van der Waals surface area contributed by atoms with E-state index in [9.17, 15) is 21.2 Å². The first-order chi connectivity index (χ1) is 18.2. The van der Waals surface area contributed by atoms with Crippen molar-refractivity contribution in [2.24, 2.45) is 0 Å². The summed E-state index contributed by atoms with van der Waals surface area (Å²) < 4.78 is 71.1. The number of rotatable bonds is 9. The van der Waals surface area contributed by atoms with Gasteiger partial charge in [0.1, 0.15) is 10.8 Å². The highest BCUT2D eigenvalue weighted by Gasteiger charge is 2.37. The van der Waals surface area contributed by atoms with Gasteiger partial charge in [0.05, 0.1) is 27.5 Å². The molecule has 5 aromatic rings. The quantitative estimate of drug-likeness (QED) is 0.240. The molecule has 0 fully saturated rings. The first-order valence-electron chi connectivity index (χ1n) is 11.0. The van der Waals surface area contributed by atoms with Gasteiger partial charge < -0.3 is 4.42 Å². The molecule has 1 N–H and O–H groups in total. The number of fused-ring (bicyclic) bond motifs is 1. The number of sulfone groups is 1. The minimum absolute atomic E-state index is 0.0112. The largest absolute Gasteiger partial charge is 0.422 e. The van der Waals surface area contributed by atoms with Crippen LogP contribution in [-0.2, 0) is 33.0 Å². The second-order valence-corrected chi connectivity index (χ2v) is 12.5. The van der Waals surface area contributed by atoms with E-state index in [1.54, 1.807) is 48.5 Å². The van der Waals surface area contributed by atoms with E-state index in [1.165, 1.54) is 12.1 Å². The molecule has 2 heterocycles. The van der Waals surface area contributed by atoms with E-state index in [-0.39, 0.29) is 34.1 Å². The van der Waals surface area contributed by atoms with E-state index in [0.29, 0.717) is 21.3 Å². The van der Waals surface area contributed by atoms with Crippen molar-refractivity contribution < 1.29 is 25.6 Å². The molecule has 38 heavy (non-hydrogen) atoms. The Morgan fingerprint density at radius 2 is 1.76 bits per heavy atom. The molecule has 5 rings (SSSR count). The fourth-order valence-corrected chi connectivity index (χ4v) is 7.39. The molecular formula is C24H18ClFN4O5S3. The minimum atomic E-state index is -3.97. The van der Waals surface area contributed by atoms with E-state index in [2.05, 4.69) is 19.9 Å². The monoisotopic (exact) mass is 592 g/mol. The van der Waals surface area contributed by atoms with Gasteiger partial charge in [-0.05, 0) is 41.0 Å². The first kappa shape index (κ1) is 26.4. The van der Waals surface area contributed by atoms with E-state index in [4.69, 9.17) is 16.0 Å². The molecule has 0 amide bonds. The Bertz CT molecular complexity index is 1800. The highest BCUT2D eigenvalue weighted by molar-refractivity contribution is 7.91. The van der Waals surface area contributed by atoms with E-state index in [0.717, 1.165) is 16.9 Å². The molecule has 196 valence electrons. The lowest BCUT2D eigenvalue weighted by Gasteiger charge is -2.12. The van der Waals surface area contributed by atoms with Crippen LogP contribution < -0.4 is 4.72 Å². The predicted octanol–water partition coefficient (Wildman–Crippen LogP) is 4.46. The van der Waals surface area contributed by atoms with Gasteiger partial charge in [-0.2, -0.15) is 0 Å². The Morgan fingerprint density at radius 1 is 1.03 bits per heavy atom. The number of nitrogens with one attached hydrogen (secondary N) is 1. The van der Waals surface area contributed by atoms with Crippen molar-refractivity contribution in [2.75, 3.05) is 0 Å². The van der Waals surface area contributed by atoms with Crippen LogP contribution in [0.1, 0.15) is 27.6 Å². The van der Waals surface area contributed by atoms with Gasteiger partial charge in [-0.15, -0.1) is 21.5 Å². The normalized spacial score (nSPS) is 12.8. The Kier molecular flexibility index (Phi) is 7.54. The standard InChI is InChI=1S/C24H18ClFN4O5S3/c25-17-10-15(6-8-18(17)26)16-7-9-19-20(11-16)36-24(28-19)22(23-30-29-21(35-23)12-27-37(31)32)38(33,34)13-14-4-2-1-3-5-14/h1-11,22,37H,12-13H2,(H,27,31,32). The number of aromatic nitrogens is 3. The molecule has 0 saturated heterocycles. The maximum absolute atomic E-state index is 13.7. The third-order valence-electron chi connectivity index (χ3n) is 5.52. The van der Waals surface area contributed by atoms with Gasteiger partial charge in [-0.3, -0.25) is 0 Å². The summed E-state index contributed by atoms with van der Waals surface area (Å²) in [5.74, 6) is -1.14. The maximum atomic E-state index is 13.7. The highest BCUT2D eigenvalue weighted by atomic mass is 35.5. The van der Waals surface area contributed by atoms with Gasteiger partial charge >= 0.3 is 0 Å². The molecule has 0 aliphatic heterocycles. The smallest absolute Gasteiger partial charge is 0.241 e. The van der Waals surface area contributed by atoms with Crippen LogP contribution in [0.15, 0.2) is 71.1 Å². The first-order valence-corrected chi connectivity index (χ1v) is 15.1. The summed E-state index contributed by atoms with van der Waals surface area (Å²) in [6, 6.07) is 18.4. The number of halogens is 2. The van der Waals surface area contributed by atoms with Crippen LogP contribution in [-0.4, -0.2) is 32.0 Å². The van der Waals surface area contributed by atoms with Gasteiger partial charge in [0.2, 0.25) is 22.7 Å². The molecule has 3 aromatic carbocycles. The summed E-state index contributed by atoms with van der Waals surface area (Å²) in [5.41, 5.74) is 2.55. The van der Waals surface area contributed by atoms with E-state index in [1.807, 2.05) is 6.07 Å². The molecule has 0 saturated carbocycles. The summed E-state index contributed by atoms with van der Waals surface area (Å²) in [5, 5.41) is 6.53. The van der Waals surface area contributed by atoms with Crippen LogP contribution >= 0.6 is 22.9 Å². The second-order valence-electron chi connectivity index (χ2n) is 8.16. The minimum Gasteiger partial charge on any atom is -0.422 e. The van der Waals surface area contributed by atoms with Crippen LogP contribution in [0.5, 0.6) is 0 Å². The third kappa shape index (κ3) is 5.76. The number of benzene rings is 3. The van der Waals surface area contributed by atoms with Crippen molar-refractivity contribution in [3.8, 4) is 11.1 Å². The van der Waals surface area contributed by atoms with Crippen molar-refractivity contribution >= 4 is 53.9 Å².